The van der Waals surface area contributed by atoms with Gasteiger partial charge in [0.1, 0.15) is 11.6 Å². The van der Waals surface area contributed by atoms with Gasteiger partial charge in [0.2, 0.25) is 11.8 Å². The highest BCUT2D eigenvalue weighted by Crippen LogP contribution is 2.42. The van der Waals surface area contributed by atoms with Crippen LogP contribution >= 0.6 is 22.6 Å². The molecule has 1 aromatic carbocycles. The van der Waals surface area contributed by atoms with Crippen LogP contribution in [-0.2, 0) is 0 Å². The van der Waals surface area contributed by atoms with E-state index < -0.39 is 0 Å². The highest BCUT2D eigenvalue weighted by atomic mass is 127. The Bertz CT molecular complexity index is 757. The Hall–Kier alpha value is -2.01. The van der Waals surface area contributed by atoms with E-state index in [2.05, 4.69) is 38.9 Å². The summed E-state index contributed by atoms with van der Waals surface area (Å²) in [6.45, 7) is 1.91. The molecule has 0 amide bonds. The molecule has 1 aliphatic heterocycles. The molecule has 1 aromatic heterocycles. The second-order valence-corrected chi connectivity index (χ2v) is 5.79. The number of rotatable bonds is 1. The van der Waals surface area contributed by atoms with Crippen molar-refractivity contribution in [1.29, 1.82) is 5.26 Å². The zero-order valence-electron chi connectivity index (χ0n) is 10.6. The number of halogens is 1. The van der Waals surface area contributed by atoms with E-state index in [9.17, 15) is 5.26 Å². The molecular weight excluding hydrogens is 367 g/mol. The van der Waals surface area contributed by atoms with Crippen molar-refractivity contribution in [2.75, 3.05) is 0 Å². The Labute approximate surface area is 129 Å². The molecule has 0 aliphatic carbocycles. The minimum Gasteiger partial charge on any atom is -0.420 e. The minimum atomic E-state index is -0.239. The maximum absolute atomic E-state index is 9.42. The minimum absolute atomic E-state index is 0.121. The molecule has 1 aliphatic rings. The number of hydrogen-bond acceptors (Lipinski definition) is 4. The van der Waals surface area contributed by atoms with Gasteiger partial charge in [-0.3, -0.25) is 5.10 Å². The first-order valence-corrected chi connectivity index (χ1v) is 7.07. The van der Waals surface area contributed by atoms with Crippen LogP contribution in [0.3, 0.4) is 0 Å². The number of aromatic nitrogens is 2. The lowest BCUT2D eigenvalue weighted by Gasteiger charge is -2.23. The summed E-state index contributed by atoms with van der Waals surface area (Å²) < 4.78 is 6.53. The molecule has 2 aromatic rings. The molecule has 0 fully saturated rings. The van der Waals surface area contributed by atoms with E-state index in [1.165, 1.54) is 0 Å². The zero-order chi connectivity index (χ0) is 14.3. The van der Waals surface area contributed by atoms with Crippen LogP contribution in [0, 0.1) is 21.8 Å². The van der Waals surface area contributed by atoms with Gasteiger partial charge in [-0.1, -0.05) is 12.1 Å². The summed E-state index contributed by atoms with van der Waals surface area (Å²) in [6.07, 6.45) is 0. The standard InChI is InChI=1S/C14H11IN4O/c1-7-11-12(8-3-2-4-9(15)5-8)10(6-16)13(17)20-14(11)19-18-7/h2-5,12H,17H2,1H3,(H,18,19)/t12-/m1/s1. The predicted octanol–water partition coefficient (Wildman–Crippen LogP) is 2.54. The van der Waals surface area contributed by atoms with Gasteiger partial charge in [0.05, 0.1) is 5.92 Å². The molecule has 1 atom stereocenters. The normalized spacial score (nSPS) is 17.4. The molecule has 6 heteroatoms. The van der Waals surface area contributed by atoms with Gasteiger partial charge in [0.25, 0.3) is 0 Å². The Balaban J connectivity index is 2.25. The summed E-state index contributed by atoms with van der Waals surface area (Å²) in [5.41, 5.74) is 9.04. The van der Waals surface area contributed by atoms with Gasteiger partial charge in [0.15, 0.2) is 0 Å². The Morgan fingerprint density at radius 3 is 3.00 bits per heavy atom. The topological polar surface area (TPSA) is 87.7 Å². The number of fused-ring (bicyclic) bond motifs is 1. The largest absolute Gasteiger partial charge is 0.420 e. The fraction of sp³-hybridized carbons (Fsp3) is 0.143. The monoisotopic (exact) mass is 378 g/mol. The number of benzene rings is 1. The number of nitrogens with two attached hydrogens (primary N) is 1. The van der Waals surface area contributed by atoms with Crippen LogP contribution < -0.4 is 10.5 Å². The van der Waals surface area contributed by atoms with Gasteiger partial charge in [-0.25, -0.2) is 0 Å². The average Bonchev–Trinajstić information content (AvgIpc) is 2.78. The number of aromatic amines is 1. The van der Waals surface area contributed by atoms with E-state index in [4.69, 9.17) is 10.5 Å². The number of nitriles is 1. The molecule has 3 rings (SSSR count). The summed E-state index contributed by atoms with van der Waals surface area (Å²) in [6, 6.07) is 10.2. The molecule has 0 spiro atoms. The van der Waals surface area contributed by atoms with Gasteiger partial charge in [-0.2, -0.15) is 5.26 Å². The van der Waals surface area contributed by atoms with Crippen LogP contribution in [0.5, 0.6) is 5.88 Å². The van der Waals surface area contributed by atoms with Crippen molar-refractivity contribution < 1.29 is 4.74 Å². The van der Waals surface area contributed by atoms with Crippen LogP contribution in [0.4, 0.5) is 0 Å². The van der Waals surface area contributed by atoms with Crippen molar-refractivity contribution in [3.05, 3.63) is 56.1 Å². The number of nitrogens with one attached hydrogen (secondary N) is 1. The lowest BCUT2D eigenvalue weighted by molar-refractivity contribution is 0.379. The molecule has 5 nitrogen and oxygen atoms in total. The molecule has 20 heavy (non-hydrogen) atoms. The predicted molar refractivity (Wildman–Crippen MR) is 81.8 cm³/mol. The third-order valence-electron chi connectivity index (χ3n) is 3.31. The van der Waals surface area contributed by atoms with E-state index in [1.54, 1.807) is 0 Å². The van der Waals surface area contributed by atoms with Crippen molar-refractivity contribution in [3.8, 4) is 11.9 Å². The summed E-state index contributed by atoms with van der Waals surface area (Å²) >= 11 is 2.25. The van der Waals surface area contributed by atoms with Crippen LogP contribution in [0.1, 0.15) is 22.7 Å². The molecule has 0 bridgehead atoms. The Morgan fingerprint density at radius 1 is 1.50 bits per heavy atom. The second-order valence-electron chi connectivity index (χ2n) is 4.55. The fourth-order valence-corrected chi connectivity index (χ4v) is 2.99. The molecular formula is C14H11IN4O. The number of nitrogens with zero attached hydrogens (tertiary/aromatic N) is 2. The number of allylic oxidation sites excluding steroid dienone is 1. The Morgan fingerprint density at radius 2 is 2.30 bits per heavy atom. The van der Waals surface area contributed by atoms with Crippen LogP contribution in [0.25, 0.3) is 0 Å². The molecule has 0 unspecified atom stereocenters. The summed E-state index contributed by atoms with van der Waals surface area (Å²) in [7, 11) is 0. The Kier molecular flexibility index (Phi) is 3.14. The maximum atomic E-state index is 9.42. The molecule has 0 radical (unpaired) electrons. The van der Waals surface area contributed by atoms with Gasteiger partial charge >= 0.3 is 0 Å². The van der Waals surface area contributed by atoms with Gasteiger partial charge in [0, 0.05) is 14.8 Å². The summed E-state index contributed by atoms with van der Waals surface area (Å²) in [4.78, 5) is 0. The van der Waals surface area contributed by atoms with Crippen LogP contribution in [0.2, 0.25) is 0 Å². The van der Waals surface area contributed by atoms with E-state index >= 15 is 0 Å². The van der Waals surface area contributed by atoms with Gasteiger partial charge in [-0.15, -0.1) is 5.10 Å². The van der Waals surface area contributed by atoms with Crippen LogP contribution in [-0.4, -0.2) is 10.2 Å². The highest BCUT2D eigenvalue weighted by molar-refractivity contribution is 14.1. The van der Waals surface area contributed by atoms with Crippen molar-refractivity contribution in [2.24, 2.45) is 5.73 Å². The third-order valence-corrected chi connectivity index (χ3v) is 3.98. The second kappa shape index (κ2) is 4.83. The molecule has 0 saturated heterocycles. The lowest BCUT2D eigenvalue weighted by Crippen LogP contribution is -2.21. The van der Waals surface area contributed by atoms with Gasteiger partial charge in [-0.05, 0) is 47.2 Å². The molecule has 0 saturated carbocycles. The summed E-state index contributed by atoms with van der Waals surface area (Å²) in [5.74, 6) is 0.329. The number of H-pyrrole nitrogens is 1. The van der Waals surface area contributed by atoms with E-state index in [-0.39, 0.29) is 11.8 Å². The first kappa shape index (κ1) is 13.0. The maximum Gasteiger partial charge on any atom is 0.244 e. The zero-order valence-corrected chi connectivity index (χ0v) is 12.8. The van der Waals surface area contributed by atoms with Crippen molar-refractivity contribution in [1.82, 2.24) is 10.2 Å². The quantitative estimate of drug-likeness (QED) is 0.747. The van der Waals surface area contributed by atoms with Crippen molar-refractivity contribution in [2.45, 2.75) is 12.8 Å². The van der Waals surface area contributed by atoms with E-state index in [1.807, 2.05) is 31.2 Å². The smallest absolute Gasteiger partial charge is 0.244 e. The number of hydrogen-bond donors (Lipinski definition) is 2. The molecule has 100 valence electrons. The number of aryl methyl sites for hydroxylation is 1. The first-order valence-electron chi connectivity index (χ1n) is 5.99. The lowest BCUT2D eigenvalue weighted by atomic mass is 9.84. The van der Waals surface area contributed by atoms with Crippen LogP contribution in [0.15, 0.2) is 35.7 Å². The van der Waals surface area contributed by atoms with Crippen molar-refractivity contribution >= 4 is 22.6 Å². The average molecular weight is 378 g/mol. The first-order chi connectivity index (χ1) is 9.61. The fourth-order valence-electron chi connectivity index (χ4n) is 2.42. The SMILES string of the molecule is Cc1[nH]nc2c1[C@H](c1cccc(I)c1)C(C#N)=C(N)O2. The molecule has 3 N–H and O–H groups in total. The molecule has 2 heterocycles. The van der Waals surface area contributed by atoms with Crippen molar-refractivity contribution in [3.63, 3.8) is 0 Å². The summed E-state index contributed by atoms with van der Waals surface area (Å²) in [5, 5.41) is 16.4. The number of ether oxygens (including phenoxy) is 1. The third kappa shape index (κ3) is 1.94. The van der Waals surface area contributed by atoms with Gasteiger partial charge < -0.3 is 10.5 Å². The highest BCUT2D eigenvalue weighted by Gasteiger charge is 2.34. The van der Waals surface area contributed by atoms with E-state index in [0.717, 1.165) is 20.4 Å². The van der Waals surface area contributed by atoms with E-state index in [0.29, 0.717) is 11.5 Å².